The summed E-state index contributed by atoms with van der Waals surface area (Å²) in [6, 6.07) is 3.24. The normalized spacial score (nSPS) is 12.7. The monoisotopic (exact) mass is 248 g/mol. The van der Waals surface area contributed by atoms with Crippen LogP contribution >= 0.6 is 23.2 Å². The van der Waals surface area contributed by atoms with Gasteiger partial charge in [-0.3, -0.25) is 0 Å². The van der Waals surface area contributed by atoms with E-state index in [-0.39, 0.29) is 22.2 Å². The molecule has 1 rings (SSSR count). The molecule has 0 bridgehead atoms. The highest BCUT2D eigenvalue weighted by atomic mass is 35.5. The molecule has 1 aromatic carbocycles. The predicted octanol–water partition coefficient (Wildman–Crippen LogP) is 3.75. The molecule has 4 heteroatoms. The number of aryl methyl sites for hydroxylation is 1. The Labute approximate surface area is 98.1 Å². The van der Waals surface area contributed by atoms with Crippen molar-refractivity contribution in [3.63, 3.8) is 0 Å². The van der Waals surface area contributed by atoms with Gasteiger partial charge < -0.3 is 5.11 Å². The molecule has 0 aliphatic rings. The van der Waals surface area contributed by atoms with Gasteiger partial charge in [0, 0.05) is 5.56 Å². The summed E-state index contributed by atoms with van der Waals surface area (Å²) < 4.78 is 13.7. The Hall–Kier alpha value is -0.570. The number of aliphatic hydroxyl groups is 1. The first-order chi connectivity index (χ1) is 6.99. The number of halogens is 3. The number of rotatable bonds is 2. The third kappa shape index (κ3) is 2.51. The van der Waals surface area contributed by atoms with E-state index in [4.69, 9.17) is 28.3 Å². The van der Waals surface area contributed by atoms with Gasteiger partial charge in [-0.1, -0.05) is 35.3 Å². The summed E-state index contributed by atoms with van der Waals surface area (Å²) in [7, 11) is 0. The molecule has 15 heavy (non-hydrogen) atoms. The first kappa shape index (κ1) is 12.5. The lowest BCUT2D eigenvalue weighted by molar-refractivity contribution is 0.332. The van der Waals surface area contributed by atoms with Gasteiger partial charge in [-0.25, -0.2) is 4.39 Å². The van der Waals surface area contributed by atoms with Crippen LogP contribution in [0.5, 0.6) is 0 Å². The smallest absolute Gasteiger partial charge is 0.150 e. The molecule has 1 aromatic rings. The quantitative estimate of drug-likeness (QED) is 0.846. The van der Waals surface area contributed by atoms with Crippen LogP contribution in [0.2, 0.25) is 5.02 Å². The van der Waals surface area contributed by atoms with Gasteiger partial charge in [-0.2, -0.15) is 0 Å². The third-order valence-electron chi connectivity index (χ3n) is 2.12. The van der Waals surface area contributed by atoms with E-state index in [0.717, 1.165) is 0 Å². The Balaban J connectivity index is 3.35. The summed E-state index contributed by atoms with van der Waals surface area (Å²) in [5.74, 6) is -0.547. The maximum absolute atomic E-state index is 13.7. The Morgan fingerprint density at radius 1 is 1.47 bits per heavy atom. The topological polar surface area (TPSA) is 20.2 Å². The fourth-order valence-electron chi connectivity index (χ4n) is 1.11. The molecule has 82 valence electrons. The zero-order valence-corrected chi connectivity index (χ0v) is 9.95. The van der Waals surface area contributed by atoms with Crippen molar-refractivity contribution in [3.05, 3.63) is 39.7 Å². The molecule has 0 radical (unpaired) electrons. The summed E-state index contributed by atoms with van der Waals surface area (Å²) in [5, 5.41) is 9.16. The minimum absolute atomic E-state index is 0.0661. The van der Waals surface area contributed by atoms with Crippen molar-refractivity contribution >= 4 is 28.2 Å². The van der Waals surface area contributed by atoms with Crippen LogP contribution in [0.25, 0.3) is 5.03 Å². The Morgan fingerprint density at radius 2 is 2.07 bits per heavy atom. The number of hydrogen-bond acceptors (Lipinski definition) is 1. The lowest BCUT2D eigenvalue weighted by atomic mass is 10.1. The fraction of sp³-hybridized carbons (Fsp3) is 0.273. The summed E-state index contributed by atoms with van der Waals surface area (Å²) in [4.78, 5) is 0. The number of benzene rings is 1. The maximum atomic E-state index is 13.7. The van der Waals surface area contributed by atoms with Crippen molar-refractivity contribution in [2.75, 3.05) is 6.61 Å². The molecule has 0 unspecified atom stereocenters. The van der Waals surface area contributed by atoms with Gasteiger partial charge in [0.15, 0.2) is 5.82 Å². The zero-order valence-electron chi connectivity index (χ0n) is 8.44. The fourth-order valence-corrected chi connectivity index (χ4v) is 1.49. The average Bonchev–Trinajstić information content (AvgIpc) is 2.24. The van der Waals surface area contributed by atoms with Crippen LogP contribution in [0.15, 0.2) is 17.7 Å². The molecule has 0 fully saturated rings. The highest BCUT2D eigenvalue weighted by Gasteiger charge is 2.13. The van der Waals surface area contributed by atoms with E-state index in [1.165, 1.54) is 0 Å². The van der Waals surface area contributed by atoms with Crippen molar-refractivity contribution in [2.24, 2.45) is 0 Å². The summed E-state index contributed by atoms with van der Waals surface area (Å²) >= 11 is 11.7. The highest BCUT2D eigenvalue weighted by Crippen LogP contribution is 2.30. The van der Waals surface area contributed by atoms with Gasteiger partial charge in [-0.05, 0) is 25.0 Å². The second-order valence-electron chi connectivity index (χ2n) is 3.31. The zero-order chi connectivity index (χ0) is 11.6. The number of aliphatic hydroxyl groups excluding tert-OH is 1. The molecular formula is C11H11Cl2FO. The van der Waals surface area contributed by atoms with E-state index < -0.39 is 5.82 Å². The average molecular weight is 249 g/mol. The van der Waals surface area contributed by atoms with Gasteiger partial charge >= 0.3 is 0 Å². The van der Waals surface area contributed by atoms with Crippen molar-refractivity contribution in [1.82, 2.24) is 0 Å². The van der Waals surface area contributed by atoms with Crippen LogP contribution in [0.3, 0.4) is 0 Å². The van der Waals surface area contributed by atoms with Crippen molar-refractivity contribution in [2.45, 2.75) is 13.8 Å². The van der Waals surface area contributed by atoms with Crippen LogP contribution in [0.1, 0.15) is 18.1 Å². The first-order valence-electron chi connectivity index (χ1n) is 4.40. The molecule has 0 atom stereocenters. The second kappa shape index (κ2) is 4.97. The maximum Gasteiger partial charge on any atom is 0.150 e. The molecule has 0 saturated carbocycles. The van der Waals surface area contributed by atoms with E-state index in [9.17, 15) is 4.39 Å². The van der Waals surface area contributed by atoms with Crippen LogP contribution < -0.4 is 0 Å². The molecule has 1 N–H and O–H groups in total. The Bertz CT molecular complexity index is 413. The van der Waals surface area contributed by atoms with Crippen molar-refractivity contribution < 1.29 is 9.50 Å². The summed E-state index contributed by atoms with van der Waals surface area (Å²) in [5.41, 5.74) is 1.39. The van der Waals surface area contributed by atoms with E-state index >= 15 is 0 Å². The second-order valence-corrected chi connectivity index (χ2v) is 4.07. The SMILES string of the molecule is C/C(CO)=C(\Cl)c1ccc(C)c(Cl)c1F. The van der Waals surface area contributed by atoms with Gasteiger partial charge in [0.05, 0.1) is 16.7 Å². The minimum Gasteiger partial charge on any atom is -0.392 e. The van der Waals surface area contributed by atoms with Crippen LogP contribution in [-0.4, -0.2) is 11.7 Å². The Kier molecular flexibility index (Phi) is 4.14. The van der Waals surface area contributed by atoms with Gasteiger partial charge in [-0.15, -0.1) is 0 Å². The van der Waals surface area contributed by atoms with Crippen molar-refractivity contribution in [3.8, 4) is 0 Å². The lowest BCUT2D eigenvalue weighted by Gasteiger charge is -2.08. The molecule has 1 nitrogen and oxygen atoms in total. The molecule has 0 aromatic heterocycles. The van der Waals surface area contributed by atoms with Crippen LogP contribution in [0, 0.1) is 12.7 Å². The molecule has 0 aliphatic heterocycles. The van der Waals surface area contributed by atoms with E-state index in [1.807, 2.05) is 0 Å². The van der Waals surface area contributed by atoms with E-state index in [2.05, 4.69) is 0 Å². The molecule has 0 saturated heterocycles. The predicted molar refractivity (Wildman–Crippen MR) is 61.7 cm³/mol. The Morgan fingerprint density at radius 3 is 2.60 bits per heavy atom. The number of hydrogen-bond donors (Lipinski definition) is 1. The summed E-state index contributed by atoms with van der Waals surface area (Å²) in [6.07, 6.45) is 0. The standard InChI is InChI=1S/C11H11Cl2FO/c1-6-3-4-8(11(14)10(6)13)9(12)7(2)5-15/h3-4,15H,5H2,1-2H3/b9-7+. The first-order valence-corrected chi connectivity index (χ1v) is 5.15. The van der Waals surface area contributed by atoms with Gasteiger partial charge in [0.25, 0.3) is 0 Å². The minimum atomic E-state index is -0.547. The molecule has 0 heterocycles. The van der Waals surface area contributed by atoms with E-state index in [0.29, 0.717) is 11.1 Å². The van der Waals surface area contributed by atoms with E-state index in [1.54, 1.807) is 26.0 Å². The molecule has 0 aliphatic carbocycles. The third-order valence-corrected chi connectivity index (χ3v) is 3.11. The molecular weight excluding hydrogens is 238 g/mol. The van der Waals surface area contributed by atoms with Gasteiger partial charge in [0.2, 0.25) is 0 Å². The van der Waals surface area contributed by atoms with Crippen LogP contribution in [-0.2, 0) is 0 Å². The molecule has 0 spiro atoms. The molecule has 0 amide bonds. The highest BCUT2D eigenvalue weighted by molar-refractivity contribution is 6.49. The van der Waals surface area contributed by atoms with Gasteiger partial charge in [0.1, 0.15) is 0 Å². The van der Waals surface area contributed by atoms with Crippen LogP contribution in [0.4, 0.5) is 4.39 Å². The van der Waals surface area contributed by atoms with Crippen molar-refractivity contribution in [1.29, 1.82) is 0 Å². The summed E-state index contributed by atoms with van der Waals surface area (Å²) in [6.45, 7) is 3.14. The lowest BCUT2D eigenvalue weighted by Crippen LogP contribution is -1.94. The largest absolute Gasteiger partial charge is 0.392 e.